The molecule has 5 aromatic heterocycles. The zero-order chi connectivity index (χ0) is 19.9. The second-order valence-electron chi connectivity index (χ2n) is 7.23. The van der Waals surface area contributed by atoms with E-state index < -0.39 is 0 Å². The van der Waals surface area contributed by atoms with Crippen LogP contribution in [-0.2, 0) is 0 Å². The second kappa shape index (κ2) is 6.85. The van der Waals surface area contributed by atoms with Crippen LogP contribution >= 0.6 is 0 Å². The number of nitrogens with one attached hydrogen (secondary N) is 3. The van der Waals surface area contributed by atoms with Gasteiger partial charge in [0.25, 0.3) is 0 Å². The van der Waals surface area contributed by atoms with Gasteiger partial charge in [0.2, 0.25) is 0 Å². The third-order valence-corrected chi connectivity index (χ3v) is 5.40. The average molecular weight is 394 g/mol. The van der Waals surface area contributed by atoms with Crippen LogP contribution in [0.15, 0.2) is 55.0 Å². The lowest BCUT2D eigenvalue weighted by Gasteiger charge is -2.13. The van der Waals surface area contributed by atoms with Crippen LogP contribution in [0, 0.1) is 0 Å². The molecule has 0 atom stereocenters. The highest BCUT2D eigenvalue weighted by molar-refractivity contribution is 5.96. The first-order valence-corrected chi connectivity index (χ1v) is 9.87. The Kier molecular flexibility index (Phi) is 3.88. The lowest BCUT2D eigenvalue weighted by atomic mass is 10.0. The van der Waals surface area contributed by atoms with Crippen molar-refractivity contribution >= 4 is 27.6 Å². The Morgan fingerprint density at radius 2 is 1.97 bits per heavy atom. The zero-order valence-electron chi connectivity index (χ0n) is 16.1. The molecular formula is C22H18N8. The average Bonchev–Trinajstić information content (AvgIpc) is 3.43. The molecule has 30 heavy (non-hydrogen) atoms. The summed E-state index contributed by atoms with van der Waals surface area (Å²) < 4.78 is 0. The molecule has 0 amide bonds. The zero-order valence-corrected chi connectivity index (χ0v) is 16.1. The molecule has 8 heteroatoms. The third kappa shape index (κ3) is 2.77. The van der Waals surface area contributed by atoms with Gasteiger partial charge in [0.1, 0.15) is 5.69 Å². The fraction of sp³-hybridized carbons (Fsp3) is 0.136. The molecule has 0 radical (unpaired) electrons. The van der Waals surface area contributed by atoms with Gasteiger partial charge in [-0.2, -0.15) is 5.10 Å². The monoisotopic (exact) mass is 394 g/mol. The fourth-order valence-corrected chi connectivity index (χ4v) is 3.89. The highest BCUT2D eigenvalue weighted by Gasteiger charge is 2.17. The Morgan fingerprint density at radius 1 is 0.967 bits per heavy atom. The summed E-state index contributed by atoms with van der Waals surface area (Å²) >= 11 is 0. The van der Waals surface area contributed by atoms with E-state index in [-0.39, 0.29) is 0 Å². The molecule has 1 aliphatic rings. The van der Waals surface area contributed by atoms with Gasteiger partial charge in [-0.1, -0.05) is 12.1 Å². The van der Waals surface area contributed by atoms with Gasteiger partial charge in [-0.15, -0.1) is 0 Å². The minimum atomic E-state index is 0.639. The third-order valence-electron chi connectivity index (χ3n) is 5.40. The molecule has 0 aliphatic carbocycles. The van der Waals surface area contributed by atoms with E-state index in [1.54, 1.807) is 12.4 Å². The highest BCUT2D eigenvalue weighted by Crippen LogP contribution is 2.31. The van der Waals surface area contributed by atoms with Crippen LogP contribution < -0.4 is 5.32 Å². The topological polar surface area (TPSA) is 108 Å². The summed E-state index contributed by atoms with van der Waals surface area (Å²) in [5, 5.41) is 11.9. The van der Waals surface area contributed by atoms with Crippen LogP contribution in [0.1, 0.15) is 12.1 Å². The molecular weight excluding hydrogens is 376 g/mol. The number of fused-ring (bicyclic) bond motifs is 2. The first-order valence-electron chi connectivity index (χ1n) is 9.87. The second-order valence-corrected chi connectivity index (χ2v) is 7.23. The molecule has 0 bridgehead atoms. The van der Waals surface area contributed by atoms with Crippen molar-refractivity contribution in [2.75, 3.05) is 13.1 Å². The van der Waals surface area contributed by atoms with Crippen molar-refractivity contribution in [1.29, 1.82) is 0 Å². The summed E-state index contributed by atoms with van der Waals surface area (Å²) in [6.07, 6.45) is 8.54. The van der Waals surface area contributed by atoms with Crippen molar-refractivity contribution in [1.82, 2.24) is 40.4 Å². The van der Waals surface area contributed by atoms with Crippen molar-refractivity contribution < 1.29 is 0 Å². The standard InChI is InChI=1S/C22H18N8/c1-2-7-24-16(3-1)14-6-10-25-21-19(14)27-22(28-21)20-15-11-17(13-4-8-23-9-5-13)26-12-18(15)29-30-20/h1-4,6-7,10-12,23H,5,8-9H2,(H,29,30)(H,25,27,28). The molecule has 6 rings (SSSR count). The lowest BCUT2D eigenvalue weighted by molar-refractivity contribution is 0.737. The summed E-state index contributed by atoms with van der Waals surface area (Å²) in [5.41, 5.74) is 7.19. The molecule has 0 saturated carbocycles. The van der Waals surface area contributed by atoms with E-state index in [1.807, 2.05) is 30.5 Å². The van der Waals surface area contributed by atoms with Gasteiger partial charge in [0.05, 0.1) is 28.6 Å². The number of rotatable bonds is 3. The molecule has 0 unspecified atom stereocenters. The Bertz CT molecular complexity index is 1400. The van der Waals surface area contributed by atoms with E-state index in [0.29, 0.717) is 11.5 Å². The summed E-state index contributed by atoms with van der Waals surface area (Å²) in [4.78, 5) is 21.6. The van der Waals surface area contributed by atoms with Crippen LogP contribution in [0.5, 0.6) is 0 Å². The maximum absolute atomic E-state index is 4.71. The first-order chi connectivity index (χ1) is 14.9. The molecule has 146 valence electrons. The van der Waals surface area contributed by atoms with Crippen LogP contribution in [0.3, 0.4) is 0 Å². The minimum Gasteiger partial charge on any atom is -0.335 e. The van der Waals surface area contributed by atoms with E-state index in [0.717, 1.165) is 58.6 Å². The van der Waals surface area contributed by atoms with E-state index in [1.165, 1.54) is 5.57 Å². The van der Waals surface area contributed by atoms with Gasteiger partial charge in [0.15, 0.2) is 11.5 Å². The Morgan fingerprint density at radius 3 is 2.83 bits per heavy atom. The number of hydrogen-bond acceptors (Lipinski definition) is 6. The van der Waals surface area contributed by atoms with Gasteiger partial charge in [-0.3, -0.25) is 15.1 Å². The predicted molar refractivity (Wildman–Crippen MR) is 115 cm³/mol. The molecule has 0 aromatic carbocycles. The van der Waals surface area contributed by atoms with Crippen molar-refractivity contribution in [2.24, 2.45) is 0 Å². The quantitative estimate of drug-likeness (QED) is 0.433. The summed E-state index contributed by atoms with van der Waals surface area (Å²) in [6.45, 7) is 1.84. The summed E-state index contributed by atoms with van der Waals surface area (Å²) in [5.74, 6) is 0.670. The molecule has 5 aromatic rings. The number of imidazole rings is 1. The number of H-pyrrole nitrogens is 2. The molecule has 1 aliphatic heterocycles. The van der Waals surface area contributed by atoms with Gasteiger partial charge in [-0.25, -0.2) is 9.97 Å². The van der Waals surface area contributed by atoms with Crippen LogP contribution in [0.25, 0.3) is 50.4 Å². The Balaban J connectivity index is 1.50. The van der Waals surface area contributed by atoms with E-state index in [9.17, 15) is 0 Å². The molecule has 0 saturated heterocycles. The highest BCUT2D eigenvalue weighted by atomic mass is 15.1. The Hall–Kier alpha value is -3.91. The lowest BCUT2D eigenvalue weighted by Crippen LogP contribution is -2.20. The van der Waals surface area contributed by atoms with Crippen LogP contribution in [0.2, 0.25) is 0 Å². The molecule has 8 nitrogen and oxygen atoms in total. The summed E-state index contributed by atoms with van der Waals surface area (Å²) in [6, 6.07) is 9.88. The SMILES string of the molecule is C1=C(c2cc3c(-c4nc5nccc(-c6ccccn6)c5[nH]4)n[nH]c3cn2)CCNC1. The largest absolute Gasteiger partial charge is 0.335 e. The number of aromatic amines is 2. The van der Waals surface area contributed by atoms with Gasteiger partial charge >= 0.3 is 0 Å². The van der Waals surface area contributed by atoms with Gasteiger partial charge in [-0.05, 0) is 42.8 Å². The van der Waals surface area contributed by atoms with E-state index >= 15 is 0 Å². The van der Waals surface area contributed by atoms with Gasteiger partial charge in [0, 0.05) is 29.9 Å². The Labute approximate surface area is 171 Å². The maximum atomic E-state index is 4.71. The number of hydrogen-bond donors (Lipinski definition) is 3. The van der Waals surface area contributed by atoms with Crippen LogP contribution in [0.4, 0.5) is 0 Å². The molecule has 6 heterocycles. The number of nitrogens with zero attached hydrogens (tertiary/aromatic N) is 5. The molecule has 3 N–H and O–H groups in total. The number of aromatic nitrogens is 7. The minimum absolute atomic E-state index is 0.639. The molecule has 0 fully saturated rings. The molecule has 0 spiro atoms. The van der Waals surface area contributed by atoms with Crippen molar-refractivity contribution in [3.05, 3.63) is 60.7 Å². The van der Waals surface area contributed by atoms with E-state index in [2.05, 4.69) is 47.6 Å². The predicted octanol–water partition coefficient (Wildman–Crippen LogP) is 3.33. The maximum Gasteiger partial charge on any atom is 0.178 e. The normalized spacial score (nSPS) is 14.3. The smallest absolute Gasteiger partial charge is 0.178 e. The van der Waals surface area contributed by atoms with Crippen molar-refractivity contribution in [3.63, 3.8) is 0 Å². The summed E-state index contributed by atoms with van der Waals surface area (Å²) in [7, 11) is 0. The first kappa shape index (κ1) is 17.0. The van der Waals surface area contributed by atoms with Crippen molar-refractivity contribution in [3.8, 4) is 22.8 Å². The van der Waals surface area contributed by atoms with Gasteiger partial charge < -0.3 is 10.3 Å². The van der Waals surface area contributed by atoms with Crippen LogP contribution in [-0.4, -0.2) is 48.2 Å². The fourth-order valence-electron chi connectivity index (χ4n) is 3.89. The van der Waals surface area contributed by atoms with E-state index in [4.69, 9.17) is 4.98 Å². The number of pyridine rings is 3. The van der Waals surface area contributed by atoms with Crippen molar-refractivity contribution in [2.45, 2.75) is 6.42 Å².